The third-order valence-electron chi connectivity index (χ3n) is 1.48. The van der Waals surface area contributed by atoms with Gasteiger partial charge in [-0.3, -0.25) is 4.98 Å². The van der Waals surface area contributed by atoms with Gasteiger partial charge < -0.3 is 4.55 Å². The first kappa shape index (κ1) is 7.85. The van der Waals surface area contributed by atoms with Crippen LogP contribution in [0, 0.1) is 0 Å². The Morgan fingerprint density at radius 3 is 3.17 bits per heavy atom. The molecule has 0 aliphatic rings. The van der Waals surface area contributed by atoms with Crippen LogP contribution in [0.1, 0.15) is 0 Å². The lowest BCUT2D eigenvalue weighted by atomic mass is 10.4. The molecule has 62 valence electrons. The third-order valence-corrected chi connectivity index (χ3v) is 2.96. The van der Waals surface area contributed by atoms with Crippen molar-refractivity contribution in [2.45, 2.75) is 4.90 Å². The van der Waals surface area contributed by atoms with Gasteiger partial charge in [-0.25, -0.2) is 4.21 Å². The SMILES string of the molecule is O=S(O)c1cnc2ccsc2c1. The van der Waals surface area contributed by atoms with E-state index in [1.54, 1.807) is 6.07 Å². The molecule has 0 fully saturated rings. The molecule has 0 aliphatic carbocycles. The molecule has 2 rings (SSSR count). The number of nitrogens with zero attached hydrogens (tertiary/aromatic N) is 1. The Morgan fingerprint density at radius 2 is 2.42 bits per heavy atom. The molecule has 2 aromatic rings. The maximum absolute atomic E-state index is 10.6. The summed E-state index contributed by atoms with van der Waals surface area (Å²) in [7, 11) is 0. The molecule has 0 amide bonds. The fourth-order valence-corrected chi connectivity index (χ4v) is 2.14. The average molecular weight is 199 g/mol. The van der Waals surface area contributed by atoms with Gasteiger partial charge >= 0.3 is 0 Å². The van der Waals surface area contributed by atoms with E-state index < -0.39 is 11.1 Å². The molecular weight excluding hydrogens is 194 g/mol. The molecule has 1 atom stereocenters. The Hall–Kier alpha value is -0.780. The van der Waals surface area contributed by atoms with E-state index in [0.29, 0.717) is 4.90 Å². The van der Waals surface area contributed by atoms with E-state index in [1.165, 1.54) is 17.5 Å². The Balaban J connectivity index is 2.68. The zero-order chi connectivity index (χ0) is 8.55. The zero-order valence-corrected chi connectivity index (χ0v) is 7.56. The van der Waals surface area contributed by atoms with E-state index in [1.807, 2.05) is 11.4 Å². The van der Waals surface area contributed by atoms with Gasteiger partial charge in [0, 0.05) is 6.20 Å². The minimum absolute atomic E-state index is 0.352. The Morgan fingerprint density at radius 1 is 1.58 bits per heavy atom. The van der Waals surface area contributed by atoms with Crippen LogP contribution in [-0.2, 0) is 11.1 Å². The second-order valence-corrected chi connectivity index (χ2v) is 4.14. The number of thiophene rings is 1. The second-order valence-electron chi connectivity index (χ2n) is 2.22. The van der Waals surface area contributed by atoms with Gasteiger partial charge in [-0.2, -0.15) is 0 Å². The third kappa shape index (κ3) is 1.26. The van der Waals surface area contributed by atoms with Crippen LogP contribution in [0.5, 0.6) is 0 Å². The average Bonchev–Trinajstić information content (AvgIpc) is 2.49. The summed E-state index contributed by atoms with van der Waals surface area (Å²) >= 11 is -0.414. The van der Waals surface area contributed by atoms with Gasteiger partial charge in [-0.1, -0.05) is 0 Å². The Kier molecular flexibility index (Phi) is 1.92. The largest absolute Gasteiger partial charge is 0.302 e. The summed E-state index contributed by atoms with van der Waals surface area (Å²) in [5.74, 6) is 0. The predicted molar refractivity (Wildman–Crippen MR) is 48.7 cm³/mol. The topological polar surface area (TPSA) is 50.2 Å². The minimum Gasteiger partial charge on any atom is -0.302 e. The lowest BCUT2D eigenvalue weighted by molar-refractivity contribution is 0.564. The van der Waals surface area contributed by atoms with Crippen LogP contribution in [0.4, 0.5) is 0 Å². The van der Waals surface area contributed by atoms with Gasteiger partial charge in [0.15, 0.2) is 11.1 Å². The Labute approximate surface area is 75.4 Å². The summed E-state index contributed by atoms with van der Waals surface area (Å²) in [5, 5.41) is 1.90. The first-order chi connectivity index (χ1) is 5.77. The van der Waals surface area contributed by atoms with Crippen LogP contribution in [0.2, 0.25) is 0 Å². The van der Waals surface area contributed by atoms with Crippen LogP contribution >= 0.6 is 11.3 Å². The lowest BCUT2D eigenvalue weighted by Gasteiger charge is -1.92. The molecule has 2 heterocycles. The molecule has 5 heteroatoms. The highest BCUT2D eigenvalue weighted by Gasteiger charge is 2.02. The smallest absolute Gasteiger partial charge is 0.188 e. The summed E-state index contributed by atoms with van der Waals surface area (Å²) < 4.78 is 20.3. The number of hydrogen-bond acceptors (Lipinski definition) is 3. The highest BCUT2D eigenvalue weighted by atomic mass is 32.2. The number of fused-ring (bicyclic) bond motifs is 1. The van der Waals surface area contributed by atoms with Crippen molar-refractivity contribution in [3.63, 3.8) is 0 Å². The number of rotatable bonds is 1. The van der Waals surface area contributed by atoms with Crippen molar-refractivity contribution < 1.29 is 8.76 Å². The van der Waals surface area contributed by atoms with Gasteiger partial charge in [0.25, 0.3) is 0 Å². The van der Waals surface area contributed by atoms with Crippen LogP contribution in [0.3, 0.4) is 0 Å². The molecule has 3 nitrogen and oxygen atoms in total. The van der Waals surface area contributed by atoms with Gasteiger partial charge in [0.2, 0.25) is 0 Å². The van der Waals surface area contributed by atoms with Crippen molar-refractivity contribution in [2.75, 3.05) is 0 Å². The lowest BCUT2D eigenvalue weighted by Crippen LogP contribution is -1.88. The van der Waals surface area contributed by atoms with Crippen molar-refractivity contribution >= 4 is 32.6 Å². The summed E-state index contributed by atoms with van der Waals surface area (Å²) in [6.45, 7) is 0. The molecular formula is C7H5NO2S2. The summed E-state index contributed by atoms with van der Waals surface area (Å²) in [4.78, 5) is 4.37. The molecule has 0 aromatic carbocycles. The van der Waals surface area contributed by atoms with E-state index in [2.05, 4.69) is 4.98 Å². The first-order valence-corrected chi connectivity index (χ1v) is 5.20. The molecule has 0 saturated heterocycles. The van der Waals surface area contributed by atoms with Crippen molar-refractivity contribution in [3.8, 4) is 0 Å². The van der Waals surface area contributed by atoms with Crippen LogP contribution in [0.25, 0.3) is 10.2 Å². The molecule has 12 heavy (non-hydrogen) atoms. The molecule has 0 radical (unpaired) electrons. The minimum atomic E-state index is -1.92. The fraction of sp³-hybridized carbons (Fsp3) is 0. The van der Waals surface area contributed by atoms with E-state index in [4.69, 9.17) is 4.55 Å². The first-order valence-electron chi connectivity index (χ1n) is 3.21. The van der Waals surface area contributed by atoms with E-state index in [9.17, 15) is 4.21 Å². The summed E-state index contributed by atoms with van der Waals surface area (Å²) in [6.07, 6.45) is 1.42. The van der Waals surface area contributed by atoms with Crippen LogP contribution in [-0.4, -0.2) is 13.7 Å². The molecule has 2 aromatic heterocycles. The summed E-state index contributed by atoms with van der Waals surface area (Å²) in [6, 6.07) is 3.56. The molecule has 1 unspecified atom stereocenters. The highest BCUT2D eigenvalue weighted by molar-refractivity contribution is 7.79. The normalized spacial score (nSPS) is 13.4. The van der Waals surface area contributed by atoms with Crippen molar-refractivity contribution in [1.82, 2.24) is 4.98 Å². The summed E-state index contributed by atoms with van der Waals surface area (Å²) in [5.41, 5.74) is 0.870. The molecule has 0 spiro atoms. The fourth-order valence-electron chi connectivity index (χ4n) is 0.924. The second kappa shape index (κ2) is 2.93. The molecule has 1 N–H and O–H groups in total. The van der Waals surface area contributed by atoms with E-state index in [-0.39, 0.29) is 0 Å². The quantitative estimate of drug-likeness (QED) is 0.713. The maximum atomic E-state index is 10.6. The van der Waals surface area contributed by atoms with Crippen LogP contribution < -0.4 is 0 Å². The number of aromatic nitrogens is 1. The van der Waals surface area contributed by atoms with Gasteiger partial charge in [-0.15, -0.1) is 11.3 Å². The van der Waals surface area contributed by atoms with Gasteiger partial charge in [0.1, 0.15) is 0 Å². The standard InChI is InChI=1S/C7H5NO2S2/c9-12(10)5-3-7-6(8-4-5)1-2-11-7/h1-4H,(H,9,10). The van der Waals surface area contributed by atoms with Crippen molar-refractivity contribution in [2.24, 2.45) is 0 Å². The van der Waals surface area contributed by atoms with E-state index >= 15 is 0 Å². The zero-order valence-electron chi connectivity index (χ0n) is 5.93. The van der Waals surface area contributed by atoms with Gasteiger partial charge in [0.05, 0.1) is 15.1 Å². The molecule has 0 saturated carbocycles. The van der Waals surface area contributed by atoms with E-state index in [0.717, 1.165) is 10.2 Å². The number of pyridine rings is 1. The van der Waals surface area contributed by atoms with Crippen LogP contribution in [0.15, 0.2) is 28.6 Å². The highest BCUT2D eigenvalue weighted by Crippen LogP contribution is 2.20. The maximum Gasteiger partial charge on any atom is 0.188 e. The molecule has 0 aliphatic heterocycles. The molecule has 0 bridgehead atoms. The van der Waals surface area contributed by atoms with Crippen molar-refractivity contribution in [3.05, 3.63) is 23.7 Å². The van der Waals surface area contributed by atoms with Crippen molar-refractivity contribution in [1.29, 1.82) is 0 Å². The van der Waals surface area contributed by atoms with Gasteiger partial charge in [-0.05, 0) is 17.5 Å². The number of hydrogen-bond donors (Lipinski definition) is 1. The monoisotopic (exact) mass is 199 g/mol. The Bertz CT molecular complexity index is 438. The predicted octanol–water partition coefficient (Wildman–Crippen LogP) is 1.88.